The van der Waals surface area contributed by atoms with Gasteiger partial charge in [0.25, 0.3) is 0 Å². The molecule has 8 heteroatoms. The molecule has 5 rings (SSSR count). The van der Waals surface area contributed by atoms with Crippen LogP contribution in [0.4, 0.5) is 4.39 Å². The van der Waals surface area contributed by atoms with Gasteiger partial charge >= 0.3 is 5.97 Å². The van der Waals surface area contributed by atoms with Gasteiger partial charge < -0.3 is 9.47 Å². The van der Waals surface area contributed by atoms with Crippen molar-refractivity contribution in [3.05, 3.63) is 102 Å². The summed E-state index contributed by atoms with van der Waals surface area (Å²) in [6, 6.07) is 21.7. The maximum Gasteiger partial charge on any atom is 0.345 e. The third kappa shape index (κ3) is 5.85. The number of alkyl halides is 1. The fraction of sp³-hybridized carbons (Fsp3) is 0.310. The highest BCUT2D eigenvalue weighted by molar-refractivity contribution is 5.76. The summed E-state index contributed by atoms with van der Waals surface area (Å²) < 4.78 is 28.0. The first kappa shape index (κ1) is 24.6. The Hall–Kier alpha value is -4.07. The number of hydrogen-bond donors (Lipinski definition) is 0. The molecule has 1 atom stereocenters. The van der Waals surface area contributed by atoms with Gasteiger partial charge in [0.15, 0.2) is 0 Å². The van der Waals surface area contributed by atoms with E-state index in [0.29, 0.717) is 5.88 Å². The van der Waals surface area contributed by atoms with Crippen molar-refractivity contribution >= 4 is 5.97 Å². The highest BCUT2D eigenvalue weighted by Gasteiger charge is 2.28. The molecule has 1 saturated carbocycles. The molecule has 2 heterocycles. The van der Waals surface area contributed by atoms with Gasteiger partial charge in [-0.3, -0.25) is 4.57 Å². The number of nitrogens with zero attached hydrogens (tertiary/aromatic N) is 4. The highest BCUT2D eigenvalue weighted by atomic mass is 19.1. The van der Waals surface area contributed by atoms with Crippen molar-refractivity contribution in [3.8, 4) is 11.6 Å². The maximum absolute atomic E-state index is 14.8. The predicted octanol–water partition coefficient (Wildman–Crippen LogP) is 5.83. The van der Waals surface area contributed by atoms with Crippen LogP contribution in [-0.2, 0) is 16.1 Å². The van der Waals surface area contributed by atoms with Crippen LogP contribution >= 0.6 is 0 Å². The molecular formula is C29H29FN4O3. The quantitative estimate of drug-likeness (QED) is 0.283. The molecule has 0 bridgehead atoms. The lowest BCUT2D eigenvalue weighted by Gasteiger charge is -2.28. The number of esters is 1. The summed E-state index contributed by atoms with van der Waals surface area (Å²) in [5, 5.41) is 8.79. The van der Waals surface area contributed by atoms with Gasteiger partial charge in [-0.1, -0.05) is 48.5 Å². The molecule has 4 aromatic rings. The van der Waals surface area contributed by atoms with Crippen LogP contribution in [0.5, 0.6) is 5.88 Å². The Morgan fingerprint density at radius 3 is 2.41 bits per heavy atom. The number of carbonyl (C=O) groups excluding carboxylic acids is 1. The second-order valence-electron chi connectivity index (χ2n) is 9.25. The van der Waals surface area contributed by atoms with Crippen molar-refractivity contribution in [1.29, 1.82) is 0 Å². The zero-order chi connectivity index (χ0) is 25.6. The van der Waals surface area contributed by atoms with Crippen LogP contribution in [0, 0.1) is 6.92 Å². The van der Waals surface area contributed by atoms with Gasteiger partial charge in [-0.25, -0.2) is 14.2 Å². The van der Waals surface area contributed by atoms with Gasteiger partial charge in [0.1, 0.15) is 24.4 Å². The molecule has 1 unspecified atom stereocenters. The second kappa shape index (κ2) is 11.3. The van der Waals surface area contributed by atoms with E-state index in [-0.39, 0.29) is 24.2 Å². The minimum absolute atomic E-state index is 0.0383. The van der Waals surface area contributed by atoms with Gasteiger partial charge in [0.2, 0.25) is 12.1 Å². The average molecular weight is 501 g/mol. The first-order valence-electron chi connectivity index (χ1n) is 12.5. The molecule has 0 N–H and O–H groups in total. The Morgan fingerprint density at radius 2 is 1.70 bits per heavy atom. The lowest BCUT2D eigenvalue weighted by atomic mass is 9.86. The highest BCUT2D eigenvalue weighted by Crippen LogP contribution is 2.35. The van der Waals surface area contributed by atoms with E-state index in [9.17, 15) is 9.18 Å². The summed E-state index contributed by atoms with van der Waals surface area (Å²) in [6.07, 6.45) is 3.67. The van der Waals surface area contributed by atoms with E-state index in [1.165, 1.54) is 0 Å². The third-order valence-corrected chi connectivity index (χ3v) is 6.69. The van der Waals surface area contributed by atoms with Crippen LogP contribution in [-0.4, -0.2) is 31.8 Å². The lowest BCUT2D eigenvalue weighted by molar-refractivity contribution is -0.151. The fourth-order valence-corrected chi connectivity index (χ4v) is 4.72. The van der Waals surface area contributed by atoms with Crippen molar-refractivity contribution in [1.82, 2.24) is 19.7 Å². The Bertz CT molecular complexity index is 1300. The molecule has 1 fully saturated rings. The van der Waals surface area contributed by atoms with Crippen LogP contribution in [0.2, 0.25) is 0 Å². The zero-order valence-corrected chi connectivity index (χ0v) is 20.7. The van der Waals surface area contributed by atoms with Gasteiger partial charge in [0, 0.05) is 23.9 Å². The Labute approximate surface area is 215 Å². The number of aryl methyl sites for hydroxylation is 1. The summed E-state index contributed by atoms with van der Waals surface area (Å²) in [5.41, 5.74) is 1.89. The van der Waals surface area contributed by atoms with Crippen LogP contribution in [0.25, 0.3) is 5.69 Å². The molecule has 2 aromatic heterocycles. The number of aromatic nitrogens is 4. The molecule has 7 nitrogen and oxygen atoms in total. The third-order valence-electron chi connectivity index (χ3n) is 6.69. The molecule has 1 aliphatic rings. The van der Waals surface area contributed by atoms with E-state index in [1.54, 1.807) is 30.5 Å². The topological polar surface area (TPSA) is 79.1 Å². The summed E-state index contributed by atoms with van der Waals surface area (Å²) in [5.74, 6) is 1.64. The van der Waals surface area contributed by atoms with Gasteiger partial charge in [0.05, 0.1) is 0 Å². The molecule has 0 spiro atoms. The molecule has 1 aliphatic carbocycles. The number of halogens is 1. The Kier molecular flexibility index (Phi) is 7.54. The summed E-state index contributed by atoms with van der Waals surface area (Å²) in [4.78, 5) is 16.5. The maximum atomic E-state index is 14.8. The van der Waals surface area contributed by atoms with Crippen molar-refractivity contribution in [3.63, 3.8) is 0 Å². The molecule has 0 saturated heterocycles. The van der Waals surface area contributed by atoms with E-state index in [2.05, 4.69) is 15.2 Å². The van der Waals surface area contributed by atoms with E-state index in [1.807, 2.05) is 60.0 Å². The molecule has 0 radical (unpaired) electrons. The van der Waals surface area contributed by atoms with Crippen molar-refractivity contribution in [2.24, 2.45) is 0 Å². The number of carbonyl (C=O) groups is 1. The molecule has 2 aromatic carbocycles. The SMILES string of the molecule is Cc1nnc(C2CCC(Oc3ccccn3)CC2)n1-c1ccc(C(F)C(=O)OCc2ccccc2)cc1. The lowest BCUT2D eigenvalue weighted by Crippen LogP contribution is -2.25. The van der Waals surface area contributed by atoms with Gasteiger partial charge in [-0.2, -0.15) is 0 Å². The number of hydrogen-bond acceptors (Lipinski definition) is 6. The summed E-state index contributed by atoms with van der Waals surface area (Å²) in [7, 11) is 0. The molecule has 37 heavy (non-hydrogen) atoms. The van der Waals surface area contributed by atoms with Crippen molar-refractivity contribution in [2.75, 3.05) is 0 Å². The zero-order valence-electron chi connectivity index (χ0n) is 20.7. The van der Waals surface area contributed by atoms with Crippen LogP contribution in [0.3, 0.4) is 0 Å². The standard InChI is InChI=1S/C29H29FN4O3/c1-20-32-33-28(23-12-16-25(17-13-23)37-26-9-5-6-18-31-26)34(20)24-14-10-22(11-15-24)27(30)29(35)36-19-21-7-3-2-4-8-21/h2-11,14-15,18,23,25,27H,12-13,16-17,19H2,1H3. The number of pyridine rings is 1. The minimum Gasteiger partial charge on any atom is -0.474 e. The van der Waals surface area contributed by atoms with E-state index in [4.69, 9.17) is 9.47 Å². The fourth-order valence-electron chi connectivity index (χ4n) is 4.72. The number of benzene rings is 2. The Morgan fingerprint density at radius 1 is 0.973 bits per heavy atom. The molecule has 190 valence electrons. The normalized spacial score (nSPS) is 18.2. The largest absolute Gasteiger partial charge is 0.474 e. The Balaban J connectivity index is 1.22. The van der Waals surface area contributed by atoms with E-state index < -0.39 is 12.1 Å². The van der Waals surface area contributed by atoms with Gasteiger partial charge in [-0.15, -0.1) is 10.2 Å². The van der Waals surface area contributed by atoms with E-state index >= 15 is 0 Å². The monoisotopic (exact) mass is 500 g/mol. The predicted molar refractivity (Wildman–Crippen MR) is 136 cm³/mol. The van der Waals surface area contributed by atoms with Crippen LogP contribution in [0.1, 0.15) is 60.5 Å². The second-order valence-corrected chi connectivity index (χ2v) is 9.25. The molecule has 0 amide bonds. The van der Waals surface area contributed by atoms with Crippen molar-refractivity contribution in [2.45, 2.75) is 57.4 Å². The summed E-state index contributed by atoms with van der Waals surface area (Å²) in [6.45, 7) is 1.94. The van der Waals surface area contributed by atoms with Crippen LogP contribution in [0.15, 0.2) is 79.0 Å². The van der Waals surface area contributed by atoms with E-state index in [0.717, 1.165) is 48.6 Å². The molecular weight excluding hydrogens is 471 g/mol. The number of ether oxygens (including phenoxy) is 2. The smallest absolute Gasteiger partial charge is 0.345 e. The minimum atomic E-state index is -1.85. The van der Waals surface area contributed by atoms with Crippen molar-refractivity contribution < 1.29 is 18.7 Å². The first-order valence-corrected chi connectivity index (χ1v) is 12.5. The first-order chi connectivity index (χ1) is 18.1. The van der Waals surface area contributed by atoms with Gasteiger partial charge in [-0.05, 0) is 61.9 Å². The van der Waals surface area contributed by atoms with Crippen LogP contribution < -0.4 is 4.74 Å². The summed E-state index contributed by atoms with van der Waals surface area (Å²) >= 11 is 0. The average Bonchev–Trinajstić information content (AvgIpc) is 3.34. The number of rotatable bonds is 8. The molecule has 0 aliphatic heterocycles.